The normalized spacial score (nSPS) is 29.0. The number of fused-ring (bicyclic) bond motifs is 5. The lowest BCUT2D eigenvalue weighted by molar-refractivity contribution is 0.0652. The highest BCUT2D eigenvalue weighted by atomic mass is 15.3. The van der Waals surface area contributed by atoms with Crippen molar-refractivity contribution in [2.45, 2.75) is 65.5 Å². The summed E-state index contributed by atoms with van der Waals surface area (Å²) < 4.78 is 0. The molecule has 0 fully saturated rings. The molecule has 1 nitrogen and oxygen atoms in total. The van der Waals surface area contributed by atoms with Gasteiger partial charge >= 0.3 is 0 Å². The predicted molar refractivity (Wildman–Crippen MR) is 103 cm³/mol. The Labute approximate surface area is 146 Å². The Hall–Kier alpha value is -1.76. The Bertz CT molecular complexity index is 830. The minimum absolute atomic E-state index is 0.00831. The SMILES string of the molecule is Cc1cccc2c1N1C(C)c3ccccc3C1(C)C(C)(C)C2(C)C. The van der Waals surface area contributed by atoms with Crippen LogP contribution in [0.25, 0.3) is 0 Å². The largest absolute Gasteiger partial charge is 0.354 e. The summed E-state index contributed by atoms with van der Waals surface area (Å²) in [5.74, 6) is 0. The summed E-state index contributed by atoms with van der Waals surface area (Å²) in [5, 5.41) is 0. The first-order valence-corrected chi connectivity index (χ1v) is 9.14. The summed E-state index contributed by atoms with van der Waals surface area (Å²) in [6.45, 7) is 16.9. The second-order valence-corrected chi connectivity index (χ2v) is 8.93. The van der Waals surface area contributed by atoms with Gasteiger partial charge < -0.3 is 4.90 Å². The highest BCUT2D eigenvalue weighted by molar-refractivity contribution is 5.72. The first kappa shape index (κ1) is 15.7. The summed E-state index contributed by atoms with van der Waals surface area (Å²) >= 11 is 0. The van der Waals surface area contributed by atoms with Crippen LogP contribution in [-0.2, 0) is 11.0 Å². The summed E-state index contributed by atoms with van der Waals surface area (Å²) in [4.78, 5) is 2.72. The van der Waals surface area contributed by atoms with Crippen LogP contribution < -0.4 is 4.90 Å². The van der Waals surface area contributed by atoms with Gasteiger partial charge in [-0.3, -0.25) is 0 Å². The molecule has 2 unspecified atom stereocenters. The van der Waals surface area contributed by atoms with Gasteiger partial charge in [0, 0.05) is 11.1 Å². The maximum atomic E-state index is 2.72. The van der Waals surface area contributed by atoms with E-state index in [1.54, 1.807) is 0 Å². The molecule has 1 heteroatoms. The molecule has 0 amide bonds. The summed E-state index contributed by atoms with van der Waals surface area (Å²) in [6, 6.07) is 16.3. The molecular weight excluding hydrogens is 290 g/mol. The van der Waals surface area contributed by atoms with Gasteiger partial charge in [0.1, 0.15) is 0 Å². The maximum Gasteiger partial charge on any atom is 0.0694 e. The Morgan fingerprint density at radius 1 is 0.833 bits per heavy atom. The molecule has 126 valence electrons. The zero-order chi connectivity index (χ0) is 17.5. The lowest BCUT2D eigenvalue weighted by Crippen LogP contribution is -2.62. The monoisotopic (exact) mass is 319 g/mol. The second kappa shape index (κ2) is 4.45. The van der Waals surface area contributed by atoms with Crippen LogP contribution >= 0.6 is 0 Å². The van der Waals surface area contributed by atoms with Crippen LogP contribution in [0.15, 0.2) is 42.5 Å². The predicted octanol–water partition coefficient (Wildman–Crippen LogP) is 6.11. The number of para-hydroxylation sites is 1. The van der Waals surface area contributed by atoms with Crippen molar-refractivity contribution in [1.82, 2.24) is 0 Å². The Morgan fingerprint density at radius 2 is 1.46 bits per heavy atom. The zero-order valence-electron chi connectivity index (χ0n) is 16.1. The van der Waals surface area contributed by atoms with Crippen LogP contribution in [-0.4, -0.2) is 0 Å². The van der Waals surface area contributed by atoms with E-state index in [0.717, 1.165) is 0 Å². The van der Waals surface area contributed by atoms with Crippen molar-refractivity contribution in [1.29, 1.82) is 0 Å². The van der Waals surface area contributed by atoms with Gasteiger partial charge in [-0.05, 0) is 48.4 Å². The number of hydrogen-bond acceptors (Lipinski definition) is 1. The van der Waals surface area contributed by atoms with Crippen LogP contribution in [0.3, 0.4) is 0 Å². The standard InChI is InChI=1S/C23H29N/c1-15-11-10-14-19-20(15)24-16(2)17-12-8-9-13-18(17)23(24,7)22(5,6)21(19,3)4/h8-14,16H,1-7H3. The molecule has 0 radical (unpaired) electrons. The lowest BCUT2D eigenvalue weighted by Gasteiger charge is -2.62. The van der Waals surface area contributed by atoms with E-state index in [1.165, 1.54) is 27.9 Å². The number of anilines is 1. The summed E-state index contributed by atoms with van der Waals surface area (Å²) in [6.07, 6.45) is 0. The highest BCUT2D eigenvalue weighted by Gasteiger charge is 2.63. The van der Waals surface area contributed by atoms with Crippen molar-refractivity contribution in [2.75, 3.05) is 4.90 Å². The van der Waals surface area contributed by atoms with Gasteiger partial charge in [-0.25, -0.2) is 0 Å². The lowest BCUT2D eigenvalue weighted by atomic mass is 9.51. The molecule has 0 bridgehead atoms. The smallest absolute Gasteiger partial charge is 0.0694 e. The fraction of sp³-hybridized carbons (Fsp3) is 0.478. The molecule has 0 aromatic heterocycles. The third-order valence-electron chi connectivity index (χ3n) is 7.74. The number of rotatable bonds is 0. The van der Waals surface area contributed by atoms with Crippen molar-refractivity contribution in [3.63, 3.8) is 0 Å². The minimum Gasteiger partial charge on any atom is -0.354 e. The molecule has 2 aliphatic rings. The number of aryl methyl sites for hydroxylation is 1. The summed E-state index contributed by atoms with van der Waals surface area (Å²) in [7, 11) is 0. The molecule has 2 aliphatic heterocycles. The number of nitrogens with zero attached hydrogens (tertiary/aromatic N) is 1. The van der Waals surface area contributed by atoms with E-state index in [4.69, 9.17) is 0 Å². The van der Waals surface area contributed by atoms with Gasteiger partial charge in [0.2, 0.25) is 0 Å². The maximum absolute atomic E-state index is 2.72. The number of hydrogen-bond donors (Lipinski definition) is 0. The molecule has 0 saturated carbocycles. The minimum atomic E-state index is -0.00831. The Kier molecular flexibility index (Phi) is 2.92. The van der Waals surface area contributed by atoms with E-state index in [1.807, 2.05) is 0 Å². The van der Waals surface area contributed by atoms with Crippen LogP contribution in [0.2, 0.25) is 0 Å². The molecule has 0 N–H and O–H groups in total. The molecule has 4 rings (SSSR count). The van der Waals surface area contributed by atoms with Gasteiger partial charge in [-0.15, -0.1) is 0 Å². The molecule has 24 heavy (non-hydrogen) atoms. The van der Waals surface area contributed by atoms with Crippen LogP contribution in [0.5, 0.6) is 0 Å². The van der Waals surface area contributed by atoms with Crippen molar-refractivity contribution in [3.8, 4) is 0 Å². The van der Waals surface area contributed by atoms with E-state index in [-0.39, 0.29) is 16.4 Å². The molecule has 0 saturated heterocycles. The van der Waals surface area contributed by atoms with Gasteiger partial charge in [-0.2, -0.15) is 0 Å². The van der Waals surface area contributed by atoms with Crippen molar-refractivity contribution in [3.05, 3.63) is 64.7 Å². The summed E-state index contributed by atoms with van der Waals surface area (Å²) in [5.41, 5.74) is 7.51. The third-order valence-corrected chi connectivity index (χ3v) is 7.74. The van der Waals surface area contributed by atoms with E-state index in [9.17, 15) is 0 Å². The van der Waals surface area contributed by atoms with Crippen molar-refractivity contribution < 1.29 is 0 Å². The number of benzene rings is 2. The van der Waals surface area contributed by atoms with E-state index in [0.29, 0.717) is 6.04 Å². The molecule has 2 atom stereocenters. The van der Waals surface area contributed by atoms with Crippen molar-refractivity contribution >= 4 is 5.69 Å². The first-order valence-electron chi connectivity index (χ1n) is 9.14. The first-order chi connectivity index (χ1) is 11.2. The van der Waals surface area contributed by atoms with Crippen LogP contribution in [0, 0.1) is 12.3 Å². The topological polar surface area (TPSA) is 3.24 Å². The fourth-order valence-electron chi connectivity index (χ4n) is 5.44. The van der Waals surface area contributed by atoms with Gasteiger partial charge in [0.25, 0.3) is 0 Å². The average Bonchev–Trinajstić information content (AvgIpc) is 2.77. The molecule has 2 aromatic carbocycles. The molecule has 2 aromatic rings. The molecular formula is C23H29N. The Balaban J connectivity index is 2.15. The van der Waals surface area contributed by atoms with Crippen LogP contribution in [0.4, 0.5) is 5.69 Å². The fourth-order valence-corrected chi connectivity index (χ4v) is 5.44. The van der Waals surface area contributed by atoms with E-state index >= 15 is 0 Å². The third kappa shape index (κ3) is 1.48. The van der Waals surface area contributed by atoms with Gasteiger partial charge in [0.05, 0.1) is 11.6 Å². The van der Waals surface area contributed by atoms with Gasteiger partial charge in [0.15, 0.2) is 0 Å². The molecule has 2 heterocycles. The average molecular weight is 319 g/mol. The van der Waals surface area contributed by atoms with Crippen LogP contribution in [0.1, 0.15) is 69.8 Å². The molecule has 0 aliphatic carbocycles. The zero-order valence-corrected chi connectivity index (χ0v) is 16.1. The second-order valence-electron chi connectivity index (χ2n) is 8.93. The van der Waals surface area contributed by atoms with Crippen molar-refractivity contribution in [2.24, 2.45) is 5.41 Å². The molecule has 0 spiro atoms. The Morgan fingerprint density at radius 3 is 2.17 bits per heavy atom. The van der Waals surface area contributed by atoms with E-state index in [2.05, 4.69) is 95.8 Å². The highest BCUT2D eigenvalue weighted by Crippen LogP contribution is 2.67. The quantitative estimate of drug-likeness (QED) is 0.566. The van der Waals surface area contributed by atoms with E-state index < -0.39 is 0 Å². The van der Waals surface area contributed by atoms with Gasteiger partial charge in [-0.1, -0.05) is 70.2 Å².